The minimum absolute atomic E-state index is 0.380. The summed E-state index contributed by atoms with van der Waals surface area (Å²) in [5.74, 6) is 0. The Hall–Kier alpha value is -0.0800. The van der Waals surface area contributed by atoms with Gasteiger partial charge in [0.15, 0.2) is 0 Å². The van der Waals surface area contributed by atoms with Crippen LogP contribution in [0.25, 0.3) is 0 Å². The molecule has 2 rings (SSSR count). The maximum absolute atomic E-state index is 5.66. The molecule has 1 atom stereocenters. The van der Waals surface area contributed by atoms with E-state index in [1.165, 1.54) is 32.1 Å². The topological polar surface area (TPSA) is 35.2 Å². The molecule has 2 fully saturated rings. The fourth-order valence-electron chi connectivity index (χ4n) is 2.71. The summed E-state index contributed by atoms with van der Waals surface area (Å²) in [5.41, 5.74) is 6.17. The van der Waals surface area contributed by atoms with Crippen LogP contribution >= 0.6 is 0 Å². The fourth-order valence-corrected chi connectivity index (χ4v) is 2.71. The van der Waals surface area contributed by atoms with Crippen molar-refractivity contribution in [3.8, 4) is 0 Å². The Kier molecular flexibility index (Phi) is 1.90. The lowest BCUT2D eigenvalue weighted by Gasteiger charge is -2.27. The van der Waals surface area contributed by atoms with E-state index < -0.39 is 0 Å². The van der Waals surface area contributed by atoms with Crippen molar-refractivity contribution in [2.24, 2.45) is 11.1 Å². The van der Waals surface area contributed by atoms with E-state index in [-0.39, 0.29) is 0 Å². The number of hydrogen-bond donors (Lipinski definition) is 1. The Labute approximate surface area is 68.1 Å². The van der Waals surface area contributed by atoms with Gasteiger partial charge in [-0.25, -0.2) is 0 Å². The van der Waals surface area contributed by atoms with Crippen molar-refractivity contribution in [2.75, 3.05) is 13.2 Å². The second kappa shape index (κ2) is 2.76. The molecule has 1 saturated heterocycles. The Bertz CT molecular complexity index is 135. The van der Waals surface area contributed by atoms with Gasteiger partial charge in [-0.1, -0.05) is 12.8 Å². The summed E-state index contributed by atoms with van der Waals surface area (Å²) >= 11 is 0. The van der Waals surface area contributed by atoms with Crippen molar-refractivity contribution in [1.29, 1.82) is 0 Å². The minimum Gasteiger partial charge on any atom is -0.376 e. The lowest BCUT2D eigenvalue weighted by molar-refractivity contribution is 0.0584. The van der Waals surface area contributed by atoms with Gasteiger partial charge in [-0.2, -0.15) is 0 Å². The van der Waals surface area contributed by atoms with Gasteiger partial charge >= 0.3 is 0 Å². The maximum atomic E-state index is 5.66. The van der Waals surface area contributed by atoms with Crippen LogP contribution in [0.1, 0.15) is 32.1 Å². The van der Waals surface area contributed by atoms with E-state index in [9.17, 15) is 0 Å². The van der Waals surface area contributed by atoms with E-state index in [1.54, 1.807) is 0 Å². The quantitative estimate of drug-likeness (QED) is 0.619. The second-order valence-corrected chi connectivity index (χ2v) is 3.91. The van der Waals surface area contributed by atoms with Gasteiger partial charge in [0.1, 0.15) is 0 Å². The van der Waals surface area contributed by atoms with Gasteiger partial charge in [0.05, 0.1) is 6.10 Å². The zero-order chi connectivity index (χ0) is 7.73. The second-order valence-electron chi connectivity index (χ2n) is 3.91. The molecule has 64 valence electrons. The molecule has 1 aliphatic carbocycles. The predicted molar refractivity (Wildman–Crippen MR) is 44.3 cm³/mol. The molecule has 1 heterocycles. The van der Waals surface area contributed by atoms with Gasteiger partial charge in [-0.05, 0) is 24.7 Å². The third-order valence-electron chi connectivity index (χ3n) is 3.42. The van der Waals surface area contributed by atoms with Gasteiger partial charge in [0, 0.05) is 13.2 Å². The fraction of sp³-hybridized carbons (Fsp3) is 1.00. The van der Waals surface area contributed by atoms with Crippen LogP contribution in [-0.4, -0.2) is 19.3 Å². The average molecular weight is 155 g/mol. The Morgan fingerprint density at radius 1 is 1.27 bits per heavy atom. The first-order chi connectivity index (χ1) is 5.37. The molecule has 2 nitrogen and oxygen atoms in total. The molecule has 11 heavy (non-hydrogen) atoms. The average Bonchev–Trinajstić information content (AvgIpc) is 2.62. The molecule has 1 unspecified atom stereocenters. The first-order valence-corrected chi connectivity index (χ1v) is 4.69. The van der Waals surface area contributed by atoms with Crippen molar-refractivity contribution in [3.63, 3.8) is 0 Å². The Morgan fingerprint density at radius 2 is 2.00 bits per heavy atom. The number of ether oxygens (including phenoxy) is 1. The first-order valence-electron chi connectivity index (χ1n) is 4.69. The van der Waals surface area contributed by atoms with Crippen molar-refractivity contribution < 1.29 is 4.74 Å². The number of nitrogens with two attached hydrogens (primary N) is 1. The van der Waals surface area contributed by atoms with Crippen LogP contribution in [0, 0.1) is 5.41 Å². The Balaban J connectivity index is 2.09. The summed E-state index contributed by atoms with van der Waals surface area (Å²) in [5, 5.41) is 0. The molecule has 0 radical (unpaired) electrons. The molecule has 2 aliphatic rings. The molecule has 0 aromatic carbocycles. The molecule has 0 amide bonds. The van der Waals surface area contributed by atoms with Crippen LogP contribution in [0.5, 0.6) is 0 Å². The standard InChI is InChI=1S/C9H17NO/c10-7-8-9(5-6-11-8)3-1-2-4-9/h8H,1-7,10H2. The van der Waals surface area contributed by atoms with Crippen LogP contribution in [-0.2, 0) is 4.74 Å². The van der Waals surface area contributed by atoms with Gasteiger partial charge in [-0.3, -0.25) is 0 Å². The first kappa shape index (κ1) is 7.56. The SMILES string of the molecule is NCC1OCCC12CCCC2. The summed E-state index contributed by atoms with van der Waals surface area (Å²) in [6.45, 7) is 1.67. The zero-order valence-electron chi connectivity index (χ0n) is 7.01. The highest BCUT2D eigenvalue weighted by Crippen LogP contribution is 2.48. The molecular formula is C9H17NO. The Morgan fingerprint density at radius 3 is 2.64 bits per heavy atom. The van der Waals surface area contributed by atoms with E-state index >= 15 is 0 Å². The largest absolute Gasteiger partial charge is 0.376 e. The third-order valence-corrected chi connectivity index (χ3v) is 3.42. The minimum atomic E-state index is 0.380. The molecule has 1 aliphatic heterocycles. The van der Waals surface area contributed by atoms with Gasteiger partial charge in [0.25, 0.3) is 0 Å². The summed E-state index contributed by atoms with van der Waals surface area (Å²) in [6, 6.07) is 0. The third kappa shape index (κ3) is 1.09. The normalized spacial score (nSPS) is 35.2. The molecular weight excluding hydrogens is 138 g/mol. The monoisotopic (exact) mass is 155 g/mol. The van der Waals surface area contributed by atoms with E-state index in [0.29, 0.717) is 11.5 Å². The number of rotatable bonds is 1. The molecule has 1 saturated carbocycles. The van der Waals surface area contributed by atoms with E-state index in [4.69, 9.17) is 10.5 Å². The highest BCUT2D eigenvalue weighted by molar-refractivity contribution is 4.95. The van der Waals surface area contributed by atoms with Crippen molar-refractivity contribution in [2.45, 2.75) is 38.2 Å². The van der Waals surface area contributed by atoms with Crippen LogP contribution in [0.3, 0.4) is 0 Å². The smallest absolute Gasteiger partial charge is 0.0754 e. The molecule has 0 bridgehead atoms. The van der Waals surface area contributed by atoms with Crippen molar-refractivity contribution in [3.05, 3.63) is 0 Å². The summed E-state index contributed by atoms with van der Waals surface area (Å²) in [7, 11) is 0. The summed E-state index contributed by atoms with van der Waals surface area (Å²) in [6.07, 6.45) is 7.13. The van der Waals surface area contributed by atoms with Crippen LogP contribution in [0.15, 0.2) is 0 Å². The molecule has 1 spiro atoms. The predicted octanol–water partition coefficient (Wildman–Crippen LogP) is 1.29. The molecule has 2 N–H and O–H groups in total. The highest BCUT2D eigenvalue weighted by atomic mass is 16.5. The number of hydrogen-bond acceptors (Lipinski definition) is 2. The van der Waals surface area contributed by atoms with Crippen LogP contribution < -0.4 is 5.73 Å². The van der Waals surface area contributed by atoms with E-state index in [1.807, 2.05) is 0 Å². The van der Waals surface area contributed by atoms with Crippen LogP contribution in [0.4, 0.5) is 0 Å². The van der Waals surface area contributed by atoms with Crippen molar-refractivity contribution in [1.82, 2.24) is 0 Å². The van der Waals surface area contributed by atoms with Gasteiger partial charge in [0.2, 0.25) is 0 Å². The summed E-state index contributed by atoms with van der Waals surface area (Å²) in [4.78, 5) is 0. The lowest BCUT2D eigenvalue weighted by atomic mass is 9.79. The van der Waals surface area contributed by atoms with Gasteiger partial charge < -0.3 is 10.5 Å². The summed E-state index contributed by atoms with van der Waals surface area (Å²) < 4.78 is 5.61. The highest BCUT2D eigenvalue weighted by Gasteiger charge is 2.44. The maximum Gasteiger partial charge on any atom is 0.0754 e. The van der Waals surface area contributed by atoms with Crippen LogP contribution in [0.2, 0.25) is 0 Å². The van der Waals surface area contributed by atoms with Gasteiger partial charge in [-0.15, -0.1) is 0 Å². The lowest BCUT2D eigenvalue weighted by Crippen LogP contribution is -2.34. The molecule has 0 aromatic heterocycles. The molecule has 2 heteroatoms. The van der Waals surface area contributed by atoms with E-state index in [2.05, 4.69) is 0 Å². The zero-order valence-corrected chi connectivity index (χ0v) is 7.01. The van der Waals surface area contributed by atoms with E-state index in [0.717, 1.165) is 13.2 Å². The molecule has 0 aromatic rings. The van der Waals surface area contributed by atoms with Crippen molar-refractivity contribution >= 4 is 0 Å².